The van der Waals surface area contributed by atoms with Gasteiger partial charge in [-0.15, -0.1) is 11.3 Å². The van der Waals surface area contributed by atoms with E-state index in [-0.39, 0.29) is 18.4 Å². The zero-order chi connectivity index (χ0) is 17.8. The van der Waals surface area contributed by atoms with E-state index in [0.29, 0.717) is 31.9 Å². The van der Waals surface area contributed by atoms with E-state index in [2.05, 4.69) is 31.9 Å². The molecule has 1 aromatic heterocycles. The quantitative estimate of drug-likeness (QED) is 0.661. The number of halogens is 2. The van der Waals surface area contributed by atoms with E-state index >= 15 is 0 Å². The standard InChI is InChI=1S/C17H16Br2N2O3S/c18-12-3-4-14(13(19)10-12)24-11-16(22)20-5-7-21(8-6-20)17(23)15-2-1-9-25-15/h1-4,9-10H,5-8,11H2. The number of hydrogen-bond donors (Lipinski definition) is 0. The molecule has 132 valence electrons. The molecule has 0 saturated carbocycles. The first-order chi connectivity index (χ1) is 12.0. The van der Waals surface area contributed by atoms with Crippen molar-refractivity contribution in [1.29, 1.82) is 0 Å². The van der Waals surface area contributed by atoms with Crippen molar-refractivity contribution in [3.63, 3.8) is 0 Å². The molecule has 2 amide bonds. The lowest BCUT2D eigenvalue weighted by Crippen LogP contribution is -2.51. The maximum atomic E-state index is 12.3. The van der Waals surface area contributed by atoms with Crippen molar-refractivity contribution in [1.82, 2.24) is 9.80 Å². The van der Waals surface area contributed by atoms with Crippen LogP contribution in [0.5, 0.6) is 5.75 Å². The van der Waals surface area contributed by atoms with E-state index in [1.165, 1.54) is 11.3 Å². The van der Waals surface area contributed by atoms with Crippen molar-refractivity contribution < 1.29 is 14.3 Å². The molecular weight excluding hydrogens is 472 g/mol. The monoisotopic (exact) mass is 486 g/mol. The highest BCUT2D eigenvalue weighted by molar-refractivity contribution is 9.11. The molecule has 1 aromatic carbocycles. The van der Waals surface area contributed by atoms with Crippen molar-refractivity contribution in [3.05, 3.63) is 49.5 Å². The molecule has 8 heteroatoms. The van der Waals surface area contributed by atoms with Gasteiger partial charge < -0.3 is 14.5 Å². The Morgan fingerprint density at radius 1 is 1.08 bits per heavy atom. The van der Waals surface area contributed by atoms with E-state index < -0.39 is 0 Å². The molecule has 25 heavy (non-hydrogen) atoms. The van der Waals surface area contributed by atoms with Crippen molar-refractivity contribution in [2.24, 2.45) is 0 Å². The van der Waals surface area contributed by atoms with Crippen molar-refractivity contribution in [2.45, 2.75) is 0 Å². The molecule has 2 heterocycles. The van der Waals surface area contributed by atoms with Gasteiger partial charge in [0.15, 0.2) is 6.61 Å². The average molecular weight is 488 g/mol. The molecule has 3 rings (SSSR count). The second kappa shape index (κ2) is 8.33. The van der Waals surface area contributed by atoms with Gasteiger partial charge in [-0.05, 0) is 45.6 Å². The van der Waals surface area contributed by atoms with Gasteiger partial charge >= 0.3 is 0 Å². The lowest BCUT2D eigenvalue weighted by atomic mass is 10.3. The SMILES string of the molecule is O=C(COc1ccc(Br)cc1Br)N1CCN(C(=O)c2cccs2)CC1. The van der Waals surface area contributed by atoms with E-state index in [1.54, 1.807) is 15.9 Å². The van der Waals surface area contributed by atoms with Crippen molar-refractivity contribution >= 4 is 55.0 Å². The third-order valence-electron chi connectivity index (χ3n) is 3.90. The van der Waals surface area contributed by atoms with Gasteiger partial charge in [0.2, 0.25) is 0 Å². The molecule has 1 saturated heterocycles. The molecule has 1 aliphatic heterocycles. The van der Waals surface area contributed by atoms with E-state index in [9.17, 15) is 9.59 Å². The summed E-state index contributed by atoms with van der Waals surface area (Å²) in [7, 11) is 0. The van der Waals surface area contributed by atoms with Crippen LogP contribution in [0.2, 0.25) is 0 Å². The van der Waals surface area contributed by atoms with Crippen LogP contribution in [0.4, 0.5) is 0 Å². The molecule has 0 radical (unpaired) electrons. The zero-order valence-corrected chi connectivity index (χ0v) is 17.3. The minimum atomic E-state index is -0.0713. The molecule has 1 fully saturated rings. The zero-order valence-electron chi connectivity index (χ0n) is 13.3. The summed E-state index contributed by atoms with van der Waals surface area (Å²) in [5, 5.41) is 1.89. The topological polar surface area (TPSA) is 49.9 Å². The number of hydrogen-bond acceptors (Lipinski definition) is 4. The summed E-state index contributed by atoms with van der Waals surface area (Å²) in [6.07, 6.45) is 0. The molecule has 0 spiro atoms. The maximum Gasteiger partial charge on any atom is 0.264 e. The molecule has 0 unspecified atom stereocenters. The van der Waals surface area contributed by atoms with Gasteiger partial charge in [-0.25, -0.2) is 0 Å². The van der Waals surface area contributed by atoms with E-state index in [4.69, 9.17) is 4.74 Å². The van der Waals surface area contributed by atoms with Crippen LogP contribution in [0.3, 0.4) is 0 Å². The van der Waals surface area contributed by atoms with Crippen LogP contribution in [0.15, 0.2) is 44.7 Å². The number of amides is 2. The largest absolute Gasteiger partial charge is 0.483 e. The average Bonchev–Trinajstić information content (AvgIpc) is 3.15. The molecular formula is C17H16Br2N2O3S. The van der Waals surface area contributed by atoms with Crippen LogP contribution in [0.1, 0.15) is 9.67 Å². The Labute approximate surface area is 166 Å². The van der Waals surface area contributed by atoms with Crippen LogP contribution in [0, 0.1) is 0 Å². The Morgan fingerprint density at radius 3 is 2.44 bits per heavy atom. The van der Waals surface area contributed by atoms with Gasteiger partial charge in [0.1, 0.15) is 5.75 Å². The number of benzene rings is 1. The summed E-state index contributed by atoms with van der Waals surface area (Å²) in [4.78, 5) is 28.9. The summed E-state index contributed by atoms with van der Waals surface area (Å²) >= 11 is 8.23. The first-order valence-electron chi connectivity index (χ1n) is 7.73. The maximum absolute atomic E-state index is 12.3. The van der Waals surface area contributed by atoms with Gasteiger partial charge in [-0.1, -0.05) is 22.0 Å². The Kier molecular flexibility index (Phi) is 6.14. The van der Waals surface area contributed by atoms with E-state index in [0.717, 1.165) is 13.8 Å². The number of carbonyl (C=O) groups excluding carboxylic acids is 2. The highest BCUT2D eigenvalue weighted by Crippen LogP contribution is 2.28. The minimum absolute atomic E-state index is 0.0148. The summed E-state index contributed by atoms with van der Waals surface area (Å²) in [6, 6.07) is 9.23. The Morgan fingerprint density at radius 2 is 1.80 bits per heavy atom. The molecule has 1 aliphatic rings. The van der Waals surface area contributed by atoms with Gasteiger partial charge in [-0.2, -0.15) is 0 Å². The van der Waals surface area contributed by atoms with Gasteiger partial charge in [0.25, 0.3) is 11.8 Å². The van der Waals surface area contributed by atoms with E-state index in [1.807, 2.05) is 29.6 Å². The fourth-order valence-electron chi connectivity index (χ4n) is 2.54. The second-order valence-corrected chi connectivity index (χ2v) is 8.23. The fourth-order valence-corrected chi connectivity index (χ4v) is 4.39. The first kappa shape index (κ1) is 18.4. The number of rotatable bonds is 4. The van der Waals surface area contributed by atoms with Crippen LogP contribution in [-0.4, -0.2) is 54.4 Å². The van der Waals surface area contributed by atoms with Gasteiger partial charge in [0.05, 0.1) is 9.35 Å². The molecule has 2 aromatic rings. The molecule has 0 bridgehead atoms. The minimum Gasteiger partial charge on any atom is -0.483 e. The highest BCUT2D eigenvalue weighted by Gasteiger charge is 2.25. The molecule has 0 N–H and O–H groups in total. The summed E-state index contributed by atoms with van der Waals surface area (Å²) in [6.45, 7) is 2.13. The van der Waals surface area contributed by atoms with Crippen LogP contribution in [-0.2, 0) is 4.79 Å². The van der Waals surface area contributed by atoms with Crippen molar-refractivity contribution in [2.75, 3.05) is 32.8 Å². The van der Waals surface area contributed by atoms with Crippen LogP contribution in [0.25, 0.3) is 0 Å². The summed E-state index contributed by atoms with van der Waals surface area (Å²) < 4.78 is 7.33. The fraction of sp³-hybridized carbons (Fsp3) is 0.294. The Balaban J connectivity index is 1.49. The normalized spacial score (nSPS) is 14.5. The first-order valence-corrected chi connectivity index (χ1v) is 10.2. The molecule has 0 atom stereocenters. The van der Waals surface area contributed by atoms with Gasteiger partial charge in [-0.3, -0.25) is 9.59 Å². The molecule has 0 aliphatic carbocycles. The summed E-state index contributed by atoms with van der Waals surface area (Å²) in [5.41, 5.74) is 0. The predicted molar refractivity (Wildman–Crippen MR) is 104 cm³/mol. The number of piperazine rings is 1. The van der Waals surface area contributed by atoms with Crippen LogP contribution < -0.4 is 4.74 Å². The number of ether oxygens (including phenoxy) is 1. The lowest BCUT2D eigenvalue weighted by Gasteiger charge is -2.34. The van der Waals surface area contributed by atoms with Crippen molar-refractivity contribution in [3.8, 4) is 5.75 Å². The number of nitrogens with zero attached hydrogens (tertiary/aromatic N) is 2. The van der Waals surface area contributed by atoms with Crippen LogP contribution >= 0.6 is 43.2 Å². The summed E-state index contributed by atoms with van der Waals surface area (Å²) in [5.74, 6) is 0.596. The predicted octanol–water partition coefficient (Wildman–Crippen LogP) is 3.64. The second-order valence-electron chi connectivity index (χ2n) is 5.51. The third-order valence-corrected chi connectivity index (χ3v) is 5.87. The molecule has 5 nitrogen and oxygen atoms in total. The number of carbonyl (C=O) groups is 2. The van der Waals surface area contributed by atoms with Gasteiger partial charge in [0, 0.05) is 30.7 Å². The third kappa shape index (κ3) is 4.62. The number of thiophene rings is 1. The smallest absolute Gasteiger partial charge is 0.264 e. The Bertz CT molecular complexity index is 759. The lowest BCUT2D eigenvalue weighted by molar-refractivity contribution is -0.134. The highest BCUT2D eigenvalue weighted by atomic mass is 79.9. The Hall–Kier alpha value is -1.38.